The van der Waals surface area contributed by atoms with Gasteiger partial charge in [0.1, 0.15) is 5.69 Å². The molecule has 0 aliphatic rings. The molecule has 0 atom stereocenters. The highest BCUT2D eigenvalue weighted by Gasteiger charge is 2.07. The number of nitrogens with two attached hydrogens (primary N) is 1. The van der Waals surface area contributed by atoms with Crippen LogP contribution in [0.3, 0.4) is 0 Å². The topological polar surface area (TPSA) is 64.1 Å². The molecule has 0 saturated carbocycles. The Hall–Kier alpha value is -2.27. The van der Waals surface area contributed by atoms with Gasteiger partial charge in [0, 0.05) is 16.8 Å². The van der Waals surface area contributed by atoms with Crippen LogP contribution in [0.4, 0.5) is 16.5 Å². The summed E-state index contributed by atoms with van der Waals surface area (Å²) in [5.41, 5.74) is 9.74. The van der Waals surface area contributed by atoms with Crippen molar-refractivity contribution in [2.45, 2.75) is 13.3 Å². The van der Waals surface area contributed by atoms with Crippen molar-refractivity contribution in [2.24, 2.45) is 0 Å². The second-order valence-electron chi connectivity index (χ2n) is 4.41. The van der Waals surface area contributed by atoms with E-state index in [4.69, 9.17) is 10.2 Å². The van der Waals surface area contributed by atoms with Gasteiger partial charge in [0.25, 0.3) is 0 Å². The monoisotopic (exact) mass is 285 g/mol. The lowest BCUT2D eigenvalue weighted by Crippen LogP contribution is -1.96. The van der Waals surface area contributed by atoms with Gasteiger partial charge >= 0.3 is 0 Å². The number of nitrogens with zero attached hydrogens (tertiary/aromatic N) is 1. The second kappa shape index (κ2) is 5.38. The van der Waals surface area contributed by atoms with E-state index >= 15 is 0 Å². The number of nitrogen functional groups attached to an aromatic ring is 1. The molecular formula is C15H15N3OS. The molecule has 0 aliphatic heterocycles. The lowest BCUT2D eigenvalue weighted by molar-refractivity contribution is 0.580. The summed E-state index contributed by atoms with van der Waals surface area (Å²) in [5.74, 6) is 0.773. The van der Waals surface area contributed by atoms with Crippen molar-refractivity contribution >= 4 is 27.8 Å². The van der Waals surface area contributed by atoms with Crippen LogP contribution in [-0.4, -0.2) is 4.98 Å². The zero-order chi connectivity index (χ0) is 13.9. The number of hydrogen-bond acceptors (Lipinski definition) is 5. The van der Waals surface area contributed by atoms with E-state index in [2.05, 4.69) is 17.2 Å². The van der Waals surface area contributed by atoms with Gasteiger partial charge in [0.2, 0.25) is 0 Å². The van der Waals surface area contributed by atoms with E-state index in [1.165, 1.54) is 11.3 Å². The van der Waals surface area contributed by atoms with Gasteiger partial charge in [-0.1, -0.05) is 13.0 Å². The first kappa shape index (κ1) is 12.7. The van der Waals surface area contributed by atoms with Gasteiger partial charge < -0.3 is 15.5 Å². The fourth-order valence-corrected chi connectivity index (χ4v) is 2.71. The summed E-state index contributed by atoms with van der Waals surface area (Å²) < 4.78 is 5.33. The van der Waals surface area contributed by atoms with Gasteiger partial charge in [-0.25, -0.2) is 4.98 Å². The Kier molecular flexibility index (Phi) is 3.43. The third-order valence-electron chi connectivity index (χ3n) is 3.06. The smallest absolute Gasteiger partial charge is 0.187 e. The summed E-state index contributed by atoms with van der Waals surface area (Å²) >= 11 is 1.54. The van der Waals surface area contributed by atoms with Crippen LogP contribution >= 0.6 is 11.3 Å². The highest BCUT2D eigenvalue weighted by Crippen LogP contribution is 2.28. The highest BCUT2D eigenvalue weighted by molar-refractivity contribution is 7.14. The zero-order valence-electron chi connectivity index (χ0n) is 11.1. The summed E-state index contributed by atoms with van der Waals surface area (Å²) in [6.07, 6.45) is 2.58. The van der Waals surface area contributed by atoms with Crippen molar-refractivity contribution in [2.75, 3.05) is 11.1 Å². The number of hydrogen-bond donors (Lipinski definition) is 2. The highest BCUT2D eigenvalue weighted by atomic mass is 32.1. The van der Waals surface area contributed by atoms with Crippen molar-refractivity contribution in [3.05, 3.63) is 47.5 Å². The van der Waals surface area contributed by atoms with Gasteiger partial charge in [-0.2, -0.15) is 0 Å². The Balaban J connectivity index is 1.80. The van der Waals surface area contributed by atoms with E-state index in [-0.39, 0.29) is 0 Å². The lowest BCUT2D eigenvalue weighted by atomic mass is 10.1. The Morgan fingerprint density at radius 3 is 2.95 bits per heavy atom. The summed E-state index contributed by atoms with van der Waals surface area (Å²) in [5, 5.41) is 6.05. The molecule has 3 N–H and O–H groups in total. The Morgan fingerprint density at radius 2 is 2.25 bits per heavy atom. The molecule has 0 amide bonds. The average molecular weight is 285 g/mol. The van der Waals surface area contributed by atoms with E-state index < -0.39 is 0 Å². The Labute approximate surface area is 121 Å². The van der Waals surface area contributed by atoms with Crippen LogP contribution in [0, 0.1) is 0 Å². The van der Waals surface area contributed by atoms with E-state index in [1.54, 1.807) is 6.26 Å². The fourth-order valence-electron chi connectivity index (χ4n) is 1.99. The van der Waals surface area contributed by atoms with Crippen molar-refractivity contribution in [3.8, 4) is 11.5 Å². The quantitative estimate of drug-likeness (QED) is 0.702. The average Bonchev–Trinajstić information content (AvgIpc) is 3.09. The van der Waals surface area contributed by atoms with Gasteiger partial charge in [0.15, 0.2) is 10.9 Å². The second-order valence-corrected chi connectivity index (χ2v) is 5.27. The van der Waals surface area contributed by atoms with Crippen LogP contribution in [0.1, 0.15) is 12.5 Å². The first-order valence-electron chi connectivity index (χ1n) is 6.41. The van der Waals surface area contributed by atoms with E-state index in [0.717, 1.165) is 39.9 Å². The maximum atomic E-state index is 6.00. The molecule has 1 aromatic carbocycles. The minimum absolute atomic E-state index is 0.773. The SMILES string of the molecule is CCc1ccc(Nc2nc(-c3ccco3)cs2)cc1N. The van der Waals surface area contributed by atoms with E-state index in [0.29, 0.717) is 0 Å². The standard InChI is InChI=1S/C15H15N3OS/c1-2-10-5-6-11(8-12(10)16)17-15-18-13(9-20-15)14-4-3-7-19-14/h3-9H,2,16H2,1H3,(H,17,18). The molecule has 5 heteroatoms. The van der Waals surface area contributed by atoms with Crippen LogP contribution in [0.2, 0.25) is 0 Å². The van der Waals surface area contributed by atoms with Crippen LogP contribution in [0.15, 0.2) is 46.4 Å². The van der Waals surface area contributed by atoms with Crippen LogP contribution in [-0.2, 0) is 6.42 Å². The van der Waals surface area contributed by atoms with Crippen molar-refractivity contribution in [3.63, 3.8) is 0 Å². The summed E-state index contributed by atoms with van der Waals surface area (Å²) in [4.78, 5) is 4.49. The number of rotatable bonds is 4. The predicted molar refractivity (Wildman–Crippen MR) is 83.3 cm³/mol. The van der Waals surface area contributed by atoms with Gasteiger partial charge in [0.05, 0.1) is 6.26 Å². The summed E-state index contributed by atoms with van der Waals surface area (Å²) in [6, 6.07) is 9.74. The molecule has 2 aromatic heterocycles. The summed E-state index contributed by atoms with van der Waals surface area (Å²) in [6.45, 7) is 2.09. The van der Waals surface area contributed by atoms with Gasteiger partial charge in [-0.3, -0.25) is 0 Å². The molecule has 0 fully saturated rings. The first-order valence-corrected chi connectivity index (χ1v) is 7.29. The number of benzene rings is 1. The molecule has 2 heterocycles. The largest absolute Gasteiger partial charge is 0.463 e. The number of aromatic nitrogens is 1. The third kappa shape index (κ3) is 2.53. The molecule has 3 aromatic rings. The number of aryl methyl sites for hydroxylation is 1. The van der Waals surface area contributed by atoms with Crippen molar-refractivity contribution in [1.82, 2.24) is 4.98 Å². The molecule has 4 nitrogen and oxygen atoms in total. The number of thiazole rings is 1. The first-order chi connectivity index (χ1) is 9.76. The molecule has 20 heavy (non-hydrogen) atoms. The normalized spacial score (nSPS) is 10.7. The zero-order valence-corrected chi connectivity index (χ0v) is 11.9. The molecular weight excluding hydrogens is 270 g/mol. The molecule has 102 valence electrons. The minimum atomic E-state index is 0.773. The van der Waals surface area contributed by atoms with Gasteiger partial charge in [-0.05, 0) is 36.2 Å². The molecule has 0 aliphatic carbocycles. The molecule has 0 unspecified atom stereocenters. The van der Waals surface area contributed by atoms with Gasteiger partial charge in [-0.15, -0.1) is 11.3 Å². The minimum Gasteiger partial charge on any atom is -0.463 e. The number of furan rings is 1. The summed E-state index contributed by atoms with van der Waals surface area (Å²) in [7, 11) is 0. The van der Waals surface area contributed by atoms with Crippen molar-refractivity contribution < 1.29 is 4.42 Å². The van der Waals surface area contributed by atoms with E-state index in [9.17, 15) is 0 Å². The fraction of sp³-hybridized carbons (Fsp3) is 0.133. The predicted octanol–water partition coefficient (Wildman–Crippen LogP) is 4.29. The number of anilines is 3. The Morgan fingerprint density at radius 1 is 1.35 bits per heavy atom. The Bertz CT molecular complexity index is 704. The van der Waals surface area contributed by atoms with Crippen molar-refractivity contribution in [1.29, 1.82) is 0 Å². The van der Waals surface area contributed by atoms with Crippen LogP contribution < -0.4 is 11.1 Å². The maximum absolute atomic E-state index is 6.00. The van der Waals surface area contributed by atoms with Crippen LogP contribution in [0.5, 0.6) is 0 Å². The molecule has 0 spiro atoms. The molecule has 3 rings (SSSR count). The molecule has 0 bridgehead atoms. The molecule has 0 saturated heterocycles. The maximum Gasteiger partial charge on any atom is 0.187 e. The third-order valence-corrected chi connectivity index (χ3v) is 3.81. The molecule has 0 radical (unpaired) electrons. The number of nitrogens with one attached hydrogen (secondary N) is 1. The van der Waals surface area contributed by atoms with E-state index in [1.807, 2.05) is 35.7 Å². The lowest BCUT2D eigenvalue weighted by Gasteiger charge is -2.07. The van der Waals surface area contributed by atoms with Crippen LogP contribution in [0.25, 0.3) is 11.5 Å².